The standard InChI is InChI=1S/C15H14BrN3OS/c1-7-13-10(9-5-8(16)3-4-11(9)17-13)6-12-14(20)18(2)15(21)19(7)12/h3-5,7,17,20H,6H2,1-2H3/t7-/m0/s1. The van der Waals surface area contributed by atoms with Crippen molar-refractivity contribution in [3.05, 3.63) is 44.4 Å². The maximum absolute atomic E-state index is 10.3. The summed E-state index contributed by atoms with van der Waals surface area (Å²) in [7, 11) is 1.80. The molecule has 0 unspecified atom stereocenters. The van der Waals surface area contributed by atoms with Gasteiger partial charge in [0.2, 0.25) is 5.88 Å². The Hall–Kier alpha value is -1.53. The van der Waals surface area contributed by atoms with Crippen LogP contribution in [0.4, 0.5) is 0 Å². The number of aromatic amines is 1. The van der Waals surface area contributed by atoms with Crippen LogP contribution >= 0.6 is 28.1 Å². The summed E-state index contributed by atoms with van der Waals surface area (Å²) in [4.78, 5) is 3.51. The van der Waals surface area contributed by atoms with Gasteiger partial charge in [-0.05, 0) is 42.9 Å². The minimum absolute atomic E-state index is 0.0922. The van der Waals surface area contributed by atoms with Gasteiger partial charge in [-0.1, -0.05) is 15.9 Å². The zero-order valence-electron chi connectivity index (χ0n) is 11.6. The molecule has 1 aromatic carbocycles. The number of aromatic hydroxyl groups is 1. The van der Waals surface area contributed by atoms with Gasteiger partial charge >= 0.3 is 0 Å². The molecule has 0 saturated heterocycles. The van der Waals surface area contributed by atoms with Gasteiger partial charge in [0.15, 0.2) is 4.77 Å². The van der Waals surface area contributed by atoms with E-state index in [1.165, 1.54) is 16.6 Å². The summed E-state index contributed by atoms with van der Waals surface area (Å²) in [5, 5.41) is 11.5. The third-order valence-electron chi connectivity index (χ3n) is 4.41. The minimum Gasteiger partial charge on any atom is -0.493 e. The predicted molar refractivity (Wildman–Crippen MR) is 88.5 cm³/mol. The van der Waals surface area contributed by atoms with Crippen LogP contribution in [-0.4, -0.2) is 19.2 Å². The van der Waals surface area contributed by atoms with Gasteiger partial charge in [-0.3, -0.25) is 4.57 Å². The van der Waals surface area contributed by atoms with Gasteiger partial charge in [0, 0.05) is 34.5 Å². The molecule has 4 rings (SSSR count). The third-order valence-corrected chi connectivity index (χ3v) is 5.37. The van der Waals surface area contributed by atoms with E-state index in [1.54, 1.807) is 11.6 Å². The second-order valence-electron chi connectivity index (χ2n) is 5.54. The Kier molecular flexibility index (Phi) is 2.65. The van der Waals surface area contributed by atoms with E-state index in [1.807, 2.05) is 10.6 Å². The average Bonchev–Trinajstić information content (AvgIpc) is 2.92. The van der Waals surface area contributed by atoms with E-state index >= 15 is 0 Å². The first kappa shape index (κ1) is 13.2. The molecule has 0 radical (unpaired) electrons. The predicted octanol–water partition coefficient (Wildman–Crippen LogP) is 4.02. The molecular formula is C15H14BrN3OS. The first-order chi connectivity index (χ1) is 9.99. The fourth-order valence-electron chi connectivity index (χ4n) is 3.32. The molecule has 2 N–H and O–H groups in total. The molecule has 108 valence electrons. The Balaban J connectivity index is 2.05. The van der Waals surface area contributed by atoms with E-state index in [4.69, 9.17) is 12.2 Å². The van der Waals surface area contributed by atoms with Crippen molar-refractivity contribution >= 4 is 39.1 Å². The maximum Gasteiger partial charge on any atom is 0.213 e. The van der Waals surface area contributed by atoms with Crippen molar-refractivity contribution in [3.63, 3.8) is 0 Å². The lowest BCUT2D eigenvalue weighted by molar-refractivity contribution is 0.423. The number of hydrogen-bond donors (Lipinski definition) is 2. The van der Waals surface area contributed by atoms with Crippen molar-refractivity contribution in [3.8, 4) is 5.88 Å². The van der Waals surface area contributed by atoms with E-state index in [2.05, 4.69) is 40.0 Å². The zero-order chi connectivity index (χ0) is 14.9. The number of aromatic nitrogens is 3. The molecule has 0 bridgehead atoms. The van der Waals surface area contributed by atoms with Crippen molar-refractivity contribution in [2.45, 2.75) is 19.4 Å². The van der Waals surface area contributed by atoms with E-state index in [0.717, 1.165) is 15.7 Å². The number of halogens is 1. The van der Waals surface area contributed by atoms with Crippen LogP contribution in [0.15, 0.2) is 22.7 Å². The average molecular weight is 364 g/mol. The fourth-order valence-corrected chi connectivity index (χ4v) is 4.03. The van der Waals surface area contributed by atoms with E-state index in [9.17, 15) is 5.11 Å². The zero-order valence-corrected chi connectivity index (χ0v) is 14.0. The summed E-state index contributed by atoms with van der Waals surface area (Å²) in [5.74, 6) is 0.266. The smallest absolute Gasteiger partial charge is 0.213 e. The number of hydrogen-bond acceptors (Lipinski definition) is 2. The second-order valence-corrected chi connectivity index (χ2v) is 6.82. The molecule has 0 spiro atoms. The molecular weight excluding hydrogens is 350 g/mol. The summed E-state index contributed by atoms with van der Waals surface area (Å²) in [6, 6.07) is 6.33. The minimum atomic E-state index is 0.0922. The summed E-state index contributed by atoms with van der Waals surface area (Å²) >= 11 is 8.99. The number of fused-ring (bicyclic) bond motifs is 4. The van der Waals surface area contributed by atoms with Crippen molar-refractivity contribution in [1.29, 1.82) is 0 Å². The molecule has 0 fully saturated rings. The van der Waals surface area contributed by atoms with Crippen LogP contribution in [0.3, 0.4) is 0 Å². The molecule has 3 heterocycles. The van der Waals surface area contributed by atoms with Gasteiger partial charge in [-0.15, -0.1) is 0 Å². The monoisotopic (exact) mass is 363 g/mol. The lowest BCUT2D eigenvalue weighted by atomic mass is 9.98. The van der Waals surface area contributed by atoms with Gasteiger partial charge in [0.1, 0.15) is 0 Å². The molecule has 1 aliphatic rings. The highest BCUT2D eigenvalue weighted by atomic mass is 79.9. The highest BCUT2D eigenvalue weighted by molar-refractivity contribution is 9.10. The van der Waals surface area contributed by atoms with Crippen LogP contribution in [0.5, 0.6) is 5.88 Å². The number of imidazole rings is 1. The Labute approximate surface area is 135 Å². The first-order valence-electron chi connectivity index (χ1n) is 6.78. The van der Waals surface area contributed by atoms with Gasteiger partial charge in [-0.25, -0.2) is 0 Å². The van der Waals surface area contributed by atoms with Crippen LogP contribution in [0.25, 0.3) is 10.9 Å². The van der Waals surface area contributed by atoms with Crippen molar-refractivity contribution in [2.24, 2.45) is 7.05 Å². The Morgan fingerprint density at radius 3 is 2.95 bits per heavy atom. The lowest BCUT2D eigenvalue weighted by Crippen LogP contribution is -2.18. The quantitative estimate of drug-likeness (QED) is 0.592. The Bertz CT molecular complexity index is 950. The summed E-state index contributed by atoms with van der Waals surface area (Å²) in [6.07, 6.45) is 0.687. The number of rotatable bonds is 0. The van der Waals surface area contributed by atoms with Crippen LogP contribution in [0.2, 0.25) is 0 Å². The highest BCUT2D eigenvalue weighted by Gasteiger charge is 2.30. The first-order valence-corrected chi connectivity index (χ1v) is 7.98. The molecule has 2 aromatic heterocycles. The highest BCUT2D eigenvalue weighted by Crippen LogP contribution is 2.39. The topological polar surface area (TPSA) is 45.9 Å². The number of benzene rings is 1. The number of nitrogens with one attached hydrogen (secondary N) is 1. The van der Waals surface area contributed by atoms with Crippen molar-refractivity contribution in [1.82, 2.24) is 14.1 Å². The third kappa shape index (κ3) is 1.63. The van der Waals surface area contributed by atoms with Crippen LogP contribution in [0, 0.1) is 4.77 Å². The Morgan fingerprint density at radius 1 is 1.43 bits per heavy atom. The summed E-state index contributed by atoms with van der Waals surface area (Å²) in [6.45, 7) is 2.11. The van der Waals surface area contributed by atoms with E-state index in [0.29, 0.717) is 11.2 Å². The molecule has 0 saturated carbocycles. The van der Waals surface area contributed by atoms with Crippen molar-refractivity contribution < 1.29 is 5.11 Å². The summed E-state index contributed by atoms with van der Waals surface area (Å²) < 4.78 is 5.42. The molecule has 0 amide bonds. The lowest BCUT2D eigenvalue weighted by Gasteiger charge is -2.22. The van der Waals surface area contributed by atoms with Gasteiger partial charge in [0.05, 0.1) is 11.7 Å². The van der Waals surface area contributed by atoms with Crippen LogP contribution in [-0.2, 0) is 13.5 Å². The largest absolute Gasteiger partial charge is 0.493 e. The molecule has 21 heavy (non-hydrogen) atoms. The maximum atomic E-state index is 10.3. The SMILES string of the molecule is C[C@H]1c2[nH]c3ccc(Br)cc3c2Cc2c(O)n(C)c(=S)n21. The molecule has 6 heteroatoms. The normalized spacial score (nSPS) is 17.0. The van der Waals surface area contributed by atoms with Gasteiger partial charge in [-0.2, -0.15) is 0 Å². The van der Waals surface area contributed by atoms with Crippen molar-refractivity contribution in [2.75, 3.05) is 0 Å². The molecule has 3 aromatic rings. The van der Waals surface area contributed by atoms with E-state index in [-0.39, 0.29) is 11.9 Å². The van der Waals surface area contributed by atoms with E-state index < -0.39 is 0 Å². The summed E-state index contributed by atoms with van der Waals surface area (Å²) in [5.41, 5.74) is 4.44. The molecule has 1 atom stereocenters. The second kappa shape index (κ2) is 4.24. The number of nitrogens with zero attached hydrogens (tertiary/aromatic N) is 2. The van der Waals surface area contributed by atoms with Gasteiger partial charge < -0.3 is 14.7 Å². The molecule has 1 aliphatic heterocycles. The molecule has 4 nitrogen and oxygen atoms in total. The van der Waals surface area contributed by atoms with Gasteiger partial charge in [0.25, 0.3) is 0 Å². The van der Waals surface area contributed by atoms with Crippen LogP contribution in [0.1, 0.15) is 29.9 Å². The Morgan fingerprint density at radius 2 is 2.19 bits per heavy atom. The fraction of sp³-hybridized carbons (Fsp3) is 0.267. The van der Waals surface area contributed by atoms with Crippen LogP contribution < -0.4 is 0 Å². The molecule has 0 aliphatic carbocycles. The number of H-pyrrole nitrogens is 1.